The van der Waals surface area contributed by atoms with E-state index in [1.165, 1.54) is 6.20 Å². The molecule has 7 nitrogen and oxygen atoms in total. The van der Waals surface area contributed by atoms with Gasteiger partial charge in [0.15, 0.2) is 5.69 Å². The molecule has 0 amide bonds. The highest BCUT2D eigenvalue weighted by Gasteiger charge is 2.30. The average Bonchev–Trinajstić information content (AvgIpc) is 2.97. The average molecular weight is 222 g/mol. The molecule has 2 heterocycles. The molecule has 0 aliphatic rings. The molecule has 0 saturated heterocycles. The minimum absolute atomic E-state index is 0.403. The predicted octanol–water partition coefficient (Wildman–Crippen LogP) is 0.829. The van der Waals surface area contributed by atoms with Gasteiger partial charge in [0.05, 0.1) is 11.7 Å². The molecule has 2 aromatic rings. The Morgan fingerprint density at radius 2 is 2.19 bits per heavy atom. The number of hydrogen-bond acceptors (Lipinski definition) is 6. The zero-order valence-electron chi connectivity index (χ0n) is 9.27. The van der Waals surface area contributed by atoms with Gasteiger partial charge < -0.3 is 10.3 Å². The van der Waals surface area contributed by atoms with Crippen molar-refractivity contribution in [3.05, 3.63) is 12.1 Å². The lowest BCUT2D eigenvalue weighted by Crippen LogP contribution is -2.35. The molecule has 0 radical (unpaired) electrons. The van der Waals surface area contributed by atoms with Crippen molar-refractivity contribution < 1.29 is 4.52 Å². The molecule has 0 aromatic carbocycles. The van der Waals surface area contributed by atoms with E-state index in [9.17, 15) is 0 Å². The minimum atomic E-state index is -0.561. The van der Waals surface area contributed by atoms with E-state index in [2.05, 4.69) is 25.6 Å². The Balaban J connectivity index is 2.33. The third-order valence-corrected chi connectivity index (χ3v) is 2.76. The van der Waals surface area contributed by atoms with E-state index in [4.69, 9.17) is 10.3 Å². The molecule has 0 aliphatic heterocycles. The van der Waals surface area contributed by atoms with Crippen molar-refractivity contribution >= 4 is 0 Å². The van der Waals surface area contributed by atoms with Crippen LogP contribution < -0.4 is 5.73 Å². The Hall–Kier alpha value is -1.76. The summed E-state index contributed by atoms with van der Waals surface area (Å²) < 4.78 is 5.17. The highest BCUT2D eigenvalue weighted by atomic mass is 16.5. The fourth-order valence-corrected chi connectivity index (χ4v) is 1.39. The zero-order valence-corrected chi connectivity index (χ0v) is 9.27. The molecule has 16 heavy (non-hydrogen) atoms. The van der Waals surface area contributed by atoms with Gasteiger partial charge in [-0.1, -0.05) is 19.0 Å². The second kappa shape index (κ2) is 4.01. The Morgan fingerprint density at radius 1 is 1.44 bits per heavy atom. The van der Waals surface area contributed by atoms with Gasteiger partial charge in [0.1, 0.15) is 0 Å². The normalized spacial score (nSPS) is 11.9. The van der Waals surface area contributed by atoms with Gasteiger partial charge in [-0.15, -0.1) is 0 Å². The van der Waals surface area contributed by atoms with Gasteiger partial charge >= 0.3 is 0 Å². The van der Waals surface area contributed by atoms with Crippen LogP contribution in [0.15, 0.2) is 10.7 Å². The molecule has 2 aromatic heterocycles. The fraction of sp³-hybridized carbons (Fsp3) is 0.556. The largest absolute Gasteiger partial charge is 0.337 e. The third-order valence-electron chi connectivity index (χ3n) is 2.76. The molecule has 3 N–H and O–H groups in total. The molecule has 86 valence electrons. The molecule has 0 spiro atoms. The van der Waals surface area contributed by atoms with E-state index in [1.807, 2.05) is 13.8 Å². The number of aromatic nitrogens is 5. The molecule has 7 heteroatoms. The van der Waals surface area contributed by atoms with Gasteiger partial charge in [0.2, 0.25) is 11.7 Å². The second-order valence-corrected chi connectivity index (χ2v) is 3.64. The Labute approximate surface area is 92.4 Å². The van der Waals surface area contributed by atoms with Crippen molar-refractivity contribution in [2.75, 3.05) is 0 Å². The van der Waals surface area contributed by atoms with Crippen molar-refractivity contribution in [1.82, 2.24) is 25.6 Å². The maximum Gasteiger partial charge on any atom is 0.247 e. The summed E-state index contributed by atoms with van der Waals surface area (Å²) in [6, 6.07) is 0. The quantitative estimate of drug-likeness (QED) is 0.793. The summed E-state index contributed by atoms with van der Waals surface area (Å²) in [6.07, 6.45) is 3.01. The SMILES string of the molecule is CCC(N)(CC)c1nc(-c2cn[nH]n2)no1. The first kappa shape index (κ1) is 10.7. The van der Waals surface area contributed by atoms with Gasteiger partial charge in [-0.2, -0.15) is 20.4 Å². The number of aromatic amines is 1. The van der Waals surface area contributed by atoms with Gasteiger partial charge in [0.25, 0.3) is 0 Å². The van der Waals surface area contributed by atoms with Crippen LogP contribution in [0.2, 0.25) is 0 Å². The summed E-state index contributed by atoms with van der Waals surface area (Å²) in [6.45, 7) is 3.98. The molecule has 0 saturated carbocycles. The predicted molar refractivity (Wildman–Crippen MR) is 56.1 cm³/mol. The van der Waals surface area contributed by atoms with Crippen molar-refractivity contribution in [2.45, 2.75) is 32.2 Å². The number of H-pyrrole nitrogens is 1. The van der Waals surface area contributed by atoms with Gasteiger partial charge in [0, 0.05) is 0 Å². The first-order valence-corrected chi connectivity index (χ1v) is 5.19. The van der Waals surface area contributed by atoms with Crippen LogP contribution in [0, 0.1) is 0 Å². The maximum absolute atomic E-state index is 6.14. The monoisotopic (exact) mass is 222 g/mol. The van der Waals surface area contributed by atoms with Crippen molar-refractivity contribution in [2.24, 2.45) is 5.73 Å². The van der Waals surface area contributed by atoms with E-state index >= 15 is 0 Å². The number of rotatable bonds is 4. The van der Waals surface area contributed by atoms with Crippen LogP contribution in [0.25, 0.3) is 11.5 Å². The molecule has 0 aliphatic carbocycles. The van der Waals surface area contributed by atoms with Crippen LogP contribution in [0.4, 0.5) is 0 Å². The lowest BCUT2D eigenvalue weighted by Gasteiger charge is -2.20. The number of hydrogen-bond donors (Lipinski definition) is 2. The lowest BCUT2D eigenvalue weighted by molar-refractivity contribution is 0.268. The first-order valence-electron chi connectivity index (χ1n) is 5.19. The Bertz CT molecular complexity index is 444. The summed E-state index contributed by atoms with van der Waals surface area (Å²) in [5.41, 5.74) is 6.13. The summed E-state index contributed by atoms with van der Waals surface area (Å²) in [5, 5.41) is 13.9. The van der Waals surface area contributed by atoms with Gasteiger partial charge in [-0.3, -0.25) is 0 Å². The standard InChI is InChI=1S/C9H14N6O/c1-3-9(10,4-2)8-12-7(14-16-8)6-5-11-15-13-6/h5H,3-4,10H2,1-2H3,(H,11,13,15). The van der Waals surface area contributed by atoms with Crippen LogP contribution in [-0.2, 0) is 5.54 Å². The topological polar surface area (TPSA) is 107 Å². The van der Waals surface area contributed by atoms with Crippen LogP contribution in [0.1, 0.15) is 32.6 Å². The Morgan fingerprint density at radius 3 is 2.75 bits per heavy atom. The number of nitrogens with one attached hydrogen (secondary N) is 1. The van der Waals surface area contributed by atoms with Gasteiger partial charge in [-0.05, 0) is 12.8 Å². The molecule has 2 rings (SSSR count). The first-order chi connectivity index (χ1) is 7.69. The van der Waals surface area contributed by atoms with Crippen molar-refractivity contribution in [3.8, 4) is 11.5 Å². The van der Waals surface area contributed by atoms with E-state index in [0.717, 1.165) is 12.8 Å². The van der Waals surface area contributed by atoms with Gasteiger partial charge in [-0.25, -0.2) is 0 Å². The second-order valence-electron chi connectivity index (χ2n) is 3.64. The summed E-state index contributed by atoms with van der Waals surface area (Å²) in [7, 11) is 0. The zero-order chi connectivity index (χ0) is 11.6. The van der Waals surface area contributed by atoms with Crippen LogP contribution >= 0.6 is 0 Å². The van der Waals surface area contributed by atoms with Crippen LogP contribution in [0.3, 0.4) is 0 Å². The molecular weight excluding hydrogens is 208 g/mol. The molecule has 0 fully saturated rings. The summed E-state index contributed by atoms with van der Waals surface area (Å²) in [5.74, 6) is 0.843. The third kappa shape index (κ3) is 1.69. The highest BCUT2D eigenvalue weighted by molar-refractivity contribution is 5.45. The lowest BCUT2D eigenvalue weighted by atomic mass is 9.94. The maximum atomic E-state index is 6.14. The molecular formula is C9H14N6O. The summed E-state index contributed by atoms with van der Waals surface area (Å²) in [4.78, 5) is 4.24. The van der Waals surface area contributed by atoms with E-state index in [1.54, 1.807) is 0 Å². The van der Waals surface area contributed by atoms with Crippen LogP contribution in [0.5, 0.6) is 0 Å². The summed E-state index contributed by atoms with van der Waals surface area (Å²) >= 11 is 0. The molecule has 0 atom stereocenters. The van der Waals surface area contributed by atoms with Crippen molar-refractivity contribution in [3.63, 3.8) is 0 Å². The Kier molecular flexibility index (Phi) is 2.69. The van der Waals surface area contributed by atoms with Crippen molar-refractivity contribution in [1.29, 1.82) is 0 Å². The minimum Gasteiger partial charge on any atom is -0.337 e. The van der Waals surface area contributed by atoms with E-state index < -0.39 is 5.54 Å². The van der Waals surface area contributed by atoms with E-state index in [-0.39, 0.29) is 0 Å². The fourth-order valence-electron chi connectivity index (χ4n) is 1.39. The highest BCUT2D eigenvalue weighted by Crippen LogP contribution is 2.25. The number of nitrogens with two attached hydrogens (primary N) is 1. The van der Waals surface area contributed by atoms with E-state index in [0.29, 0.717) is 17.4 Å². The number of nitrogens with zero attached hydrogens (tertiary/aromatic N) is 4. The molecule has 0 bridgehead atoms. The smallest absolute Gasteiger partial charge is 0.247 e. The van der Waals surface area contributed by atoms with Crippen LogP contribution in [-0.4, -0.2) is 25.6 Å². The molecule has 0 unspecified atom stereocenters.